The maximum absolute atomic E-state index is 2.53. The Morgan fingerprint density at radius 1 is 0.600 bits per heavy atom. The summed E-state index contributed by atoms with van der Waals surface area (Å²) in [6, 6.07) is 0. The zero-order valence-electron chi connectivity index (χ0n) is 15.2. The summed E-state index contributed by atoms with van der Waals surface area (Å²) in [7, 11) is 0. The molecular weight excluding hydrogens is 361 g/mol. The van der Waals surface area contributed by atoms with Gasteiger partial charge in [-0.2, -0.15) is 0 Å². The van der Waals surface area contributed by atoms with Crippen LogP contribution < -0.4 is 0 Å². The van der Waals surface area contributed by atoms with Gasteiger partial charge in [0.05, 0.1) is 0 Å². The van der Waals surface area contributed by atoms with E-state index < -0.39 is 26.5 Å². The molecule has 0 spiro atoms. The van der Waals surface area contributed by atoms with Crippen LogP contribution in [0.4, 0.5) is 0 Å². The number of rotatable bonds is 8. The van der Waals surface area contributed by atoms with E-state index in [0.29, 0.717) is 0 Å². The molecule has 0 aromatic rings. The van der Waals surface area contributed by atoms with Crippen molar-refractivity contribution in [3.05, 3.63) is 0 Å². The van der Waals surface area contributed by atoms with Crippen LogP contribution in [-0.2, 0) is 0 Å². The minimum absolute atomic E-state index is 1.23. The number of hydrogen-bond acceptors (Lipinski definition) is 0. The van der Waals surface area contributed by atoms with Crippen LogP contribution in [0.2, 0.25) is 41.0 Å². The summed E-state index contributed by atoms with van der Waals surface area (Å²) in [4.78, 5) is 0. The molecule has 0 aliphatic heterocycles. The van der Waals surface area contributed by atoms with Gasteiger partial charge < -0.3 is 0 Å². The zero-order valence-corrected chi connectivity index (χ0v) is 19.4. The summed E-state index contributed by atoms with van der Waals surface area (Å²) in [5.74, 6) is 0. The van der Waals surface area contributed by atoms with Crippen molar-refractivity contribution in [2.75, 3.05) is 0 Å². The van der Waals surface area contributed by atoms with E-state index in [2.05, 4.69) is 41.5 Å². The third-order valence-corrected chi connectivity index (χ3v) is 34.8. The van der Waals surface area contributed by atoms with Crippen molar-refractivity contribution in [2.24, 2.45) is 0 Å². The summed E-state index contributed by atoms with van der Waals surface area (Å²) in [6.45, 7) is 15.2. The standard InChI is InChI=1S/C18H40Ge2/c1-7-19(8-2,9-3)17-14-13-15-18(16-17)20(10-4,11-5)12-6/h17-18H,7-16H2,1-6H3/t17-,18-/m0/s1. The summed E-state index contributed by atoms with van der Waals surface area (Å²) in [6.07, 6.45) is 6.49. The van der Waals surface area contributed by atoms with Crippen molar-refractivity contribution in [1.29, 1.82) is 0 Å². The third kappa shape index (κ3) is 3.70. The van der Waals surface area contributed by atoms with Crippen molar-refractivity contribution in [1.82, 2.24) is 0 Å². The molecule has 0 aromatic carbocycles. The molecule has 0 saturated heterocycles. The van der Waals surface area contributed by atoms with E-state index in [4.69, 9.17) is 0 Å². The van der Waals surface area contributed by atoms with Crippen molar-refractivity contribution < 1.29 is 0 Å². The Hall–Kier alpha value is 1.09. The van der Waals surface area contributed by atoms with Gasteiger partial charge in [-0.15, -0.1) is 0 Å². The van der Waals surface area contributed by atoms with E-state index in [1.807, 2.05) is 0 Å². The minimum atomic E-state index is -1.51. The molecule has 0 nitrogen and oxygen atoms in total. The molecule has 0 aromatic heterocycles. The van der Waals surface area contributed by atoms with Gasteiger partial charge in [-0.3, -0.25) is 0 Å². The summed E-state index contributed by atoms with van der Waals surface area (Å²) in [5, 5.41) is 9.55. The second-order valence-corrected chi connectivity index (χ2v) is 31.2. The normalized spacial score (nSPS) is 24.9. The van der Waals surface area contributed by atoms with Gasteiger partial charge in [0.1, 0.15) is 0 Å². The van der Waals surface area contributed by atoms with Crippen LogP contribution in [0.5, 0.6) is 0 Å². The molecule has 0 unspecified atom stereocenters. The molecular formula is C18H40Ge2. The quantitative estimate of drug-likeness (QED) is 0.374. The van der Waals surface area contributed by atoms with Crippen LogP contribution in [0.15, 0.2) is 0 Å². The molecule has 1 aliphatic rings. The molecule has 0 radical (unpaired) electrons. The van der Waals surface area contributed by atoms with Crippen molar-refractivity contribution >= 4 is 26.5 Å². The molecule has 0 N–H and O–H groups in total. The summed E-state index contributed by atoms with van der Waals surface area (Å²) >= 11 is -3.02. The first kappa shape index (κ1) is 19.1. The van der Waals surface area contributed by atoms with Gasteiger partial charge in [-0.1, -0.05) is 0 Å². The van der Waals surface area contributed by atoms with E-state index in [1.54, 1.807) is 57.2 Å². The Kier molecular flexibility index (Phi) is 8.27. The summed E-state index contributed by atoms with van der Waals surface area (Å²) < 4.78 is 2.45. The fourth-order valence-electron chi connectivity index (χ4n) is 5.53. The van der Waals surface area contributed by atoms with Gasteiger partial charge in [-0.25, -0.2) is 0 Å². The van der Waals surface area contributed by atoms with E-state index in [-0.39, 0.29) is 0 Å². The average Bonchev–Trinajstić information content (AvgIpc) is 2.52. The molecule has 1 fully saturated rings. The first-order chi connectivity index (χ1) is 9.57. The van der Waals surface area contributed by atoms with Crippen LogP contribution in [-0.4, -0.2) is 26.5 Å². The van der Waals surface area contributed by atoms with Crippen molar-refractivity contribution in [2.45, 2.75) is 108 Å². The Morgan fingerprint density at radius 3 is 1.15 bits per heavy atom. The van der Waals surface area contributed by atoms with Gasteiger partial charge >= 0.3 is 135 Å². The Morgan fingerprint density at radius 2 is 0.900 bits per heavy atom. The van der Waals surface area contributed by atoms with E-state index >= 15 is 0 Å². The molecule has 0 bridgehead atoms. The van der Waals surface area contributed by atoms with Gasteiger partial charge in [0.15, 0.2) is 0 Å². The van der Waals surface area contributed by atoms with Gasteiger partial charge in [0, 0.05) is 0 Å². The first-order valence-corrected chi connectivity index (χ1v) is 20.9. The number of hydrogen-bond donors (Lipinski definition) is 0. The molecule has 1 saturated carbocycles. The fourth-order valence-corrected chi connectivity index (χ4v) is 26.9. The Bertz CT molecular complexity index is 224. The topological polar surface area (TPSA) is 0 Å². The monoisotopic (exact) mass is 404 g/mol. The van der Waals surface area contributed by atoms with E-state index in [9.17, 15) is 0 Å². The van der Waals surface area contributed by atoms with E-state index in [0.717, 1.165) is 0 Å². The predicted molar refractivity (Wildman–Crippen MR) is 100 cm³/mol. The van der Waals surface area contributed by atoms with Crippen molar-refractivity contribution in [3.8, 4) is 0 Å². The Balaban J connectivity index is 2.90. The van der Waals surface area contributed by atoms with Crippen molar-refractivity contribution in [3.63, 3.8) is 0 Å². The van der Waals surface area contributed by atoms with Crippen LogP contribution in [0.1, 0.15) is 67.2 Å². The van der Waals surface area contributed by atoms with E-state index in [1.165, 1.54) is 9.50 Å². The molecule has 2 heteroatoms. The molecule has 0 amide bonds. The molecule has 120 valence electrons. The molecule has 1 aliphatic carbocycles. The molecule has 20 heavy (non-hydrogen) atoms. The van der Waals surface area contributed by atoms with Gasteiger partial charge in [-0.05, 0) is 0 Å². The van der Waals surface area contributed by atoms with Gasteiger partial charge in [0.25, 0.3) is 0 Å². The second kappa shape index (κ2) is 8.65. The van der Waals surface area contributed by atoms with Crippen LogP contribution >= 0.6 is 0 Å². The van der Waals surface area contributed by atoms with Crippen LogP contribution in [0.3, 0.4) is 0 Å². The summed E-state index contributed by atoms with van der Waals surface area (Å²) in [5.41, 5.74) is 0. The fraction of sp³-hybridized carbons (Fsp3) is 1.00. The SMILES string of the molecule is C[CH2][Ge]([CH2]C)([CH2]C)[C@H]1CCC[C@H]([Ge]([CH2]C)([CH2]C)[CH2]C)C1. The Labute approximate surface area is 134 Å². The van der Waals surface area contributed by atoms with Crippen LogP contribution in [0, 0.1) is 0 Å². The maximum atomic E-state index is 2.53. The first-order valence-electron chi connectivity index (χ1n) is 9.57. The molecule has 0 heterocycles. The molecule has 1 rings (SSSR count). The molecule has 2 atom stereocenters. The average molecular weight is 402 g/mol. The third-order valence-electron chi connectivity index (χ3n) is 7.63. The predicted octanol–water partition coefficient (Wildman–Crippen LogP) is 7.32. The second-order valence-electron chi connectivity index (χ2n) is 7.41. The van der Waals surface area contributed by atoms with Crippen LogP contribution in [0.25, 0.3) is 0 Å². The van der Waals surface area contributed by atoms with Gasteiger partial charge in [0.2, 0.25) is 0 Å². The zero-order chi connectivity index (χ0) is 15.2.